The zero-order chi connectivity index (χ0) is 14.2. The second kappa shape index (κ2) is 4.70. The molecule has 0 fully saturated rings. The summed E-state index contributed by atoms with van der Waals surface area (Å²) < 4.78 is 25.4. The molecule has 6 heteroatoms. The first kappa shape index (κ1) is 13.6. The summed E-state index contributed by atoms with van der Waals surface area (Å²) >= 11 is 0. The van der Waals surface area contributed by atoms with Crippen molar-refractivity contribution < 1.29 is 8.42 Å². The summed E-state index contributed by atoms with van der Waals surface area (Å²) in [4.78, 5) is 12.2. The molecule has 0 spiro atoms. The summed E-state index contributed by atoms with van der Waals surface area (Å²) in [6.07, 6.45) is 0.451. The molecular weight excluding hydrogens is 264 g/mol. The molecule has 2 aromatic rings. The third kappa shape index (κ3) is 2.35. The average Bonchev–Trinajstić information content (AvgIpc) is 2.31. The lowest BCUT2D eigenvalue weighted by Crippen LogP contribution is -2.30. The molecule has 0 atom stereocenters. The first-order chi connectivity index (χ1) is 8.86. The second-order valence-corrected chi connectivity index (χ2v) is 6.47. The van der Waals surface area contributed by atoms with Gasteiger partial charge in [-0.2, -0.15) is 0 Å². The maximum Gasteiger partial charge on any atom is 0.267 e. The van der Waals surface area contributed by atoms with Gasteiger partial charge in [-0.3, -0.25) is 4.79 Å². The van der Waals surface area contributed by atoms with Gasteiger partial charge in [-0.25, -0.2) is 12.4 Å². The fourth-order valence-electron chi connectivity index (χ4n) is 2.05. The Morgan fingerprint density at radius 1 is 1.26 bits per heavy atom. The number of rotatable bonds is 3. The molecule has 102 valence electrons. The van der Waals surface area contributed by atoms with Crippen LogP contribution in [0, 0.1) is 6.92 Å². The Balaban J connectivity index is 2.96. The van der Waals surface area contributed by atoms with E-state index < -0.39 is 15.6 Å². The maximum absolute atomic E-state index is 12.3. The zero-order valence-corrected chi connectivity index (χ0v) is 11.7. The molecule has 0 saturated heterocycles. The van der Waals surface area contributed by atoms with Gasteiger partial charge >= 0.3 is 0 Å². The normalized spacial score (nSPS) is 11.9. The van der Waals surface area contributed by atoms with E-state index in [0.29, 0.717) is 28.6 Å². The van der Waals surface area contributed by atoms with Crippen LogP contribution in [0.3, 0.4) is 0 Å². The molecule has 1 heterocycles. The quantitative estimate of drug-likeness (QED) is 0.863. The zero-order valence-electron chi connectivity index (χ0n) is 10.9. The lowest BCUT2D eigenvalue weighted by atomic mass is 10.1. The Hall–Kier alpha value is -1.82. The van der Waals surface area contributed by atoms with Crippen LogP contribution in [0.2, 0.25) is 0 Å². The lowest BCUT2D eigenvalue weighted by Gasteiger charge is -2.12. The van der Waals surface area contributed by atoms with Gasteiger partial charge in [-0.05, 0) is 36.9 Å². The lowest BCUT2D eigenvalue weighted by molar-refractivity contribution is 0.585. The molecule has 0 radical (unpaired) electrons. The molecule has 0 aliphatic heterocycles. The number of anilines is 1. The number of aryl methyl sites for hydroxylation is 1. The third-order valence-electron chi connectivity index (χ3n) is 2.91. The van der Waals surface area contributed by atoms with Crippen LogP contribution >= 0.6 is 0 Å². The van der Waals surface area contributed by atoms with Gasteiger partial charge in [-0.15, -0.1) is 0 Å². The number of pyridine rings is 1. The van der Waals surface area contributed by atoms with E-state index in [4.69, 9.17) is 5.73 Å². The number of hydrogen-bond acceptors (Lipinski definition) is 4. The Kier molecular flexibility index (Phi) is 3.36. The van der Waals surface area contributed by atoms with Crippen molar-refractivity contribution in [2.75, 3.05) is 11.5 Å². The van der Waals surface area contributed by atoms with Crippen LogP contribution in [0.5, 0.6) is 0 Å². The highest BCUT2D eigenvalue weighted by atomic mass is 32.2. The van der Waals surface area contributed by atoms with Crippen molar-refractivity contribution in [1.82, 2.24) is 3.97 Å². The highest BCUT2D eigenvalue weighted by Gasteiger charge is 2.18. The van der Waals surface area contributed by atoms with Crippen molar-refractivity contribution in [2.45, 2.75) is 20.3 Å². The minimum Gasteiger partial charge on any atom is -0.399 e. The van der Waals surface area contributed by atoms with Gasteiger partial charge in [0.25, 0.3) is 5.56 Å². The summed E-state index contributed by atoms with van der Waals surface area (Å²) in [5.74, 6) is -0.0692. The van der Waals surface area contributed by atoms with Crippen molar-refractivity contribution in [3.63, 3.8) is 0 Å². The van der Waals surface area contributed by atoms with Gasteiger partial charge in [0.05, 0.1) is 11.3 Å². The second-order valence-electron chi connectivity index (χ2n) is 4.53. The highest BCUT2D eigenvalue weighted by molar-refractivity contribution is 7.90. The minimum absolute atomic E-state index is 0.0692. The van der Waals surface area contributed by atoms with Crippen LogP contribution in [0.15, 0.2) is 29.1 Å². The molecular formula is C13H16N2O3S. The smallest absolute Gasteiger partial charge is 0.267 e. The Morgan fingerprint density at radius 2 is 1.95 bits per heavy atom. The number of hydrogen-bond donors (Lipinski definition) is 1. The van der Waals surface area contributed by atoms with Crippen molar-refractivity contribution in [3.05, 3.63) is 40.2 Å². The van der Waals surface area contributed by atoms with Crippen LogP contribution in [-0.4, -0.2) is 18.1 Å². The van der Waals surface area contributed by atoms with Gasteiger partial charge in [0, 0.05) is 11.3 Å². The highest BCUT2D eigenvalue weighted by Crippen LogP contribution is 2.18. The Morgan fingerprint density at radius 3 is 2.58 bits per heavy atom. The SMILES string of the molecule is CCCS(=O)(=O)n1c(=O)c(C)cc2ccc(N)cc21. The number of nitrogens with zero attached hydrogens (tertiary/aromatic N) is 1. The van der Waals surface area contributed by atoms with Crippen molar-refractivity contribution in [3.8, 4) is 0 Å². The van der Waals surface area contributed by atoms with Crippen LogP contribution in [-0.2, 0) is 10.0 Å². The van der Waals surface area contributed by atoms with E-state index in [2.05, 4.69) is 0 Å². The third-order valence-corrected chi connectivity index (χ3v) is 4.75. The van der Waals surface area contributed by atoms with Crippen molar-refractivity contribution in [2.24, 2.45) is 0 Å². The van der Waals surface area contributed by atoms with Crippen molar-refractivity contribution in [1.29, 1.82) is 0 Å². The summed E-state index contributed by atoms with van der Waals surface area (Å²) in [6, 6.07) is 6.59. The number of fused-ring (bicyclic) bond motifs is 1. The molecule has 1 aromatic carbocycles. The van der Waals surface area contributed by atoms with E-state index in [1.807, 2.05) is 0 Å². The summed E-state index contributed by atoms with van der Waals surface area (Å²) in [5, 5.41) is 0.686. The number of nitrogens with two attached hydrogens (primary N) is 1. The Labute approximate surface area is 111 Å². The van der Waals surface area contributed by atoms with Gasteiger partial charge in [0.1, 0.15) is 0 Å². The molecule has 2 N–H and O–H groups in total. The van der Waals surface area contributed by atoms with Gasteiger partial charge in [0.15, 0.2) is 0 Å². The molecule has 0 aliphatic carbocycles. The van der Waals surface area contributed by atoms with Gasteiger partial charge in [-0.1, -0.05) is 13.0 Å². The fourth-order valence-corrected chi connectivity index (χ4v) is 3.60. The molecule has 2 rings (SSSR count). The van der Waals surface area contributed by atoms with Gasteiger partial charge < -0.3 is 5.73 Å². The predicted octanol–water partition coefficient (Wildman–Crippen LogP) is 1.48. The predicted molar refractivity (Wildman–Crippen MR) is 76.8 cm³/mol. The van der Waals surface area contributed by atoms with E-state index in [9.17, 15) is 13.2 Å². The van der Waals surface area contributed by atoms with E-state index in [1.165, 1.54) is 6.07 Å². The van der Waals surface area contributed by atoms with Crippen LogP contribution in [0.4, 0.5) is 5.69 Å². The standard InChI is InChI=1S/C13H16N2O3S/c1-3-6-19(17,18)15-12-8-11(14)5-4-10(12)7-9(2)13(15)16/h4-5,7-8H,3,6,14H2,1-2H3. The van der Waals surface area contributed by atoms with E-state index in [0.717, 1.165) is 3.97 Å². The van der Waals surface area contributed by atoms with Gasteiger partial charge in [0.2, 0.25) is 10.0 Å². The number of aromatic nitrogens is 1. The monoisotopic (exact) mass is 280 g/mol. The van der Waals surface area contributed by atoms with E-state index in [1.54, 1.807) is 32.0 Å². The van der Waals surface area contributed by atoms with E-state index in [-0.39, 0.29) is 5.75 Å². The molecule has 0 saturated carbocycles. The molecule has 5 nitrogen and oxygen atoms in total. The first-order valence-electron chi connectivity index (χ1n) is 6.02. The number of nitrogen functional groups attached to an aromatic ring is 1. The Bertz CT molecular complexity index is 791. The van der Waals surface area contributed by atoms with Crippen molar-refractivity contribution >= 4 is 26.6 Å². The topological polar surface area (TPSA) is 82.2 Å². The molecule has 0 amide bonds. The largest absolute Gasteiger partial charge is 0.399 e. The minimum atomic E-state index is -3.66. The number of benzene rings is 1. The molecule has 19 heavy (non-hydrogen) atoms. The fraction of sp³-hybridized carbons (Fsp3) is 0.308. The molecule has 1 aromatic heterocycles. The van der Waals surface area contributed by atoms with Crippen LogP contribution in [0.25, 0.3) is 10.9 Å². The van der Waals surface area contributed by atoms with E-state index >= 15 is 0 Å². The van der Waals surface area contributed by atoms with Crippen LogP contribution in [0.1, 0.15) is 18.9 Å². The first-order valence-corrected chi connectivity index (χ1v) is 7.63. The molecule has 0 aliphatic rings. The average molecular weight is 280 g/mol. The van der Waals surface area contributed by atoms with Crippen LogP contribution < -0.4 is 11.3 Å². The maximum atomic E-state index is 12.3. The molecule has 0 unspecified atom stereocenters. The molecule has 0 bridgehead atoms. The summed E-state index contributed by atoms with van der Waals surface area (Å²) in [6.45, 7) is 3.37. The summed E-state index contributed by atoms with van der Waals surface area (Å²) in [7, 11) is -3.66. The summed E-state index contributed by atoms with van der Waals surface area (Å²) in [5.41, 5.74) is 6.34.